The summed E-state index contributed by atoms with van der Waals surface area (Å²) in [5, 5.41) is 2.85. The number of carbonyl (C=O) groups is 1. The van der Waals surface area contributed by atoms with E-state index < -0.39 is 12.2 Å². The van der Waals surface area contributed by atoms with E-state index in [1.807, 2.05) is 19.1 Å². The first kappa shape index (κ1) is 13.5. The van der Waals surface area contributed by atoms with Gasteiger partial charge in [-0.05, 0) is 31.9 Å². The smallest absolute Gasteiger partial charge is 0.225 e. The number of nitrogens with one attached hydrogen (secondary N) is 1. The Labute approximate surface area is 110 Å². The van der Waals surface area contributed by atoms with E-state index in [1.165, 1.54) is 4.88 Å². The molecule has 1 aromatic rings. The predicted molar refractivity (Wildman–Crippen MR) is 69.7 cm³/mol. The number of thiophene rings is 1. The number of amides is 1. The third-order valence-corrected chi connectivity index (χ3v) is 4.24. The zero-order chi connectivity index (χ0) is 13.0. The van der Waals surface area contributed by atoms with Crippen LogP contribution in [0.25, 0.3) is 0 Å². The Hall–Kier alpha value is -0.940. The zero-order valence-corrected chi connectivity index (χ0v) is 11.3. The van der Waals surface area contributed by atoms with E-state index in [4.69, 9.17) is 4.74 Å². The fourth-order valence-electron chi connectivity index (χ4n) is 2.13. The van der Waals surface area contributed by atoms with E-state index in [0.29, 0.717) is 32.5 Å². The third-order valence-electron chi connectivity index (χ3n) is 3.24. The summed E-state index contributed by atoms with van der Waals surface area (Å²) < 4.78 is 18.4. The standard InChI is InChI=1S/C13H18FNO2S/c1-10-2-3-11(18-10)8-12(16)15-13(9-14)4-6-17-7-5-13/h2-3H,4-9H2,1H3,(H,15,16). The van der Waals surface area contributed by atoms with Gasteiger partial charge in [-0.25, -0.2) is 4.39 Å². The molecular weight excluding hydrogens is 253 g/mol. The maximum Gasteiger partial charge on any atom is 0.225 e. The summed E-state index contributed by atoms with van der Waals surface area (Å²) in [6, 6.07) is 3.94. The molecule has 1 aliphatic rings. The van der Waals surface area contributed by atoms with E-state index in [2.05, 4.69) is 5.32 Å². The monoisotopic (exact) mass is 271 g/mol. The molecule has 2 rings (SSSR count). The number of hydrogen-bond donors (Lipinski definition) is 1. The lowest BCUT2D eigenvalue weighted by Gasteiger charge is -2.35. The maximum absolute atomic E-state index is 13.2. The molecular formula is C13H18FNO2S. The van der Waals surface area contributed by atoms with E-state index in [0.717, 1.165) is 4.88 Å². The average molecular weight is 271 g/mol. The molecule has 1 aromatic heterocycles. The summed E-state index contributed by atoms with van der Waals surface area (Å²) in [5.74, 6) is -0.101. The molecule has 2 heterocycles. The molecule has 1 amide bonds. The fraction of sp³-hybridized carbons (Fsp3) is 0.615. The molecule has 0 atom stereocenters. The molecule has 0 aliphatic carbocycles. The van der Waals surface area contributed by atoms with Gasteiger partial charge in [0.25, 0.3) is 0 Å². The van der Waals surface area contributed by atoms with Gasteiger partial charge in [0, 0.05) is 23.0 Å². The van der Waals surface area contributed by atoms with Crippen LogP contribution in [0.15, 0.2) is 12.1 Å². The van der Waals surface area contributed by atoms with Gasteiger partial charge in [-0.15, -0.1) is 11.3 Å². The highest BCUT2D eigenvalue weighted by Gasteiger charge is 2.34. The SMILES string of the molecule is Cc1ccc(CC(=O)NC2(CF)CCOCC2)s1. The van der Waals surface area contributed by atoms with Crippen molar-refractivity contribution in [1.82, 2.24) is 5.32 Å². The number of carbonyl (C=O) groups excluding carboxylic acids is 1. The maximum atomic E-state index is 13.2. The molecule has 0 saturated carbocycles. The summed E-state index contributed by atoms with van der Waals surface area (Å²) >= 11 is 1.61. The van der Waals surface area contributed by atoms with Crippen LogP contribution < -0.4 is 5.32 Å². The summed E-state index contributed by atoms with van der Waals surface area (Å²) in [6.07, 6.45) is 1.44. The van der Waals surface area contributed by atoms with Crippen LogP contribution in [0.5, 0.6) is 0 Å². The highest BCUT2D eigenvalue weighted by atomic mass is 32.1. The van der Waals surface area contributed by atoms with Gasteiger partial charge in [0.1, 0.15) is 6.67 Å². The summed E-state index contributed by atoms with van der Waals surface area (Å²) in [6.45, 7) is 2.52. The number of rotatable bonds is 4. The van der Waals surface area contributed by atoms with Crippen molar-refractivity contribution in [2.24, 2.45) is 0 Å². The molecule has 18 heavy (non-hydrogen) atoms. The Kier molecular flexibility index (Phi) is 4.35. The van der Waals surface area contributed by atoms with Crippen LogP contribution in [-0.4, -0.2) is 31.3 Å². The molecule has 0 radical (unpaired) electrons. The molecule has 1 fully saturated rings. The minimum atomic E-state index is -0.707. The predicted octanol–water partition coefficient (Wildman–Crippen LogP) is 2.23. The molecule has 5 heteroatoms. The lowest BCUT2D eigenvalue weighted by Crippen LogP contribution is -2.54. The molecule has 100 valence electrons. The number of halogens is 1. The first-order chi connectivity index (χ1) is 8.63. The third kappa shape index (κ3) is 3.29. The lowest BCUT2D eigenvalue weighted by atomic mass is 9.91. The Morgan fingerprint density at radius 2 is 2.22 bits per heavy atom. The van der Waals surface area contributed by atoms with Crippen LogP contribution in [0.2, 0.25) is 0 Å². The Morgan fingerprint density at radius 3 is 2.78 bits per heavy atom. The van der Waals surface area contributed by atoms with Crippen molar-refractivity contribution in [1.29, 1.82) is 0 Å². The van der Waals surface area contributed by atoms with Crippen LogP contribution >= 0.6 is 11.3 Å². The van der Waals surface area contributed by atoms with Crippen molar-refractivity contribution in [3.63, 3.8) is 0 Å². The number of aryl methyl sites for hydroxylation is 1. The van der Waals surface area contributed by atoms with E-state index in [9.17, 15) is 9.18 Å². The van der Waals surface area contributed by atoms with Crippen molar-refractivity contribution in [2.45, 2.75) is 31.7 Å². The molecule has 0 bridgehead atoms. The largest absolute Gasteiger partial charge is 0.381 e. The van der Waals surface area contributed by atoms with Gasteiger partial charge in [-0.2, -0.15) is 0 Å². The Balaban J connectivity index is 1.93. The highest BCUT2D eigenvalue weighted by Crippen LogP contribution is 2.22. The van der Waals surface area contributed by atoms with Crippen LogP contribution in [0.4, 0.5) is 4.39 Å². The second-order valence-electron chi connectivity index (χ2n) is 4.76. The quantitative estimate of drug-likeness (QED) is 0.912. The minimum Gasteiger partial charge on any atom is -0.381 e. The van der Waals surface area contributed by atoms with Crippen molar-refractivity contribution < 1.29 is 13.9 Å². The first-order valence-electron chi connectivity index (χ1n) is 6.14. The van der Waals surface area contributed by atoms with Gasteiger partial charge in [-0.1, -0.05) is 0 Å². The Bertz CT molecular complexity index is 413. The van der Waals surface area contributed by atoms with Crippen molar-refractivity contribution in [3.8, 4) is 0 Å². The number of hydrogen-bond acceptors (Lipinski definition) is 3. The molecule has 1 aliphatic heterocycles. The molecule has 1 N–H and O–H groups in total. The van der Waals surface area contributed by atoms with Gasteiger partial charge < -0.3 is 10.1 Å². The summed E-state index contributed by atoms with van der Waals surface area (Å²) in [7, 11) is 0. The van der Waals surface area contributed by atoms with E-state index >= 15 is 0 Å². The van der Waals surface area contributed by atoms with Gasteiger partial charge in [-0.3, -0.25) is 4.79 Å². The summed E-state index contributed by atoms with van der Waals surface area (Å²) in [4.78, 5) is 14.1. The zero-order valence-electron chi connectivity index (χ0n) is 10.5. The van der Waals surface area contributed by atoms with Gasteiger partial charge in [0.15, 0.2) is 0 Å². The van der Waals surface area contributed by atoms with Crippen molar-refractivity contribution in [3.05, 3.63) is 21.9 Å². The van der Waals surface area contributed by atoms with Gasteiger partial charge >= 0.3 is 0 Å². The van der Waals surface area contributed by atoms with Crippen molar-refractivity contribution in [2.75, 3.05) is 19.9 Å². The normalized spacial score (nSPS) is 18.6. The van der Waals surface area contributed by atoms with E-state index in [-0.39, 0.29) is 5.91 Å². The molecule has 1 saturated heterocycles. The second-order valence-corrected chi connectivity index (χ2v) is 6.14. The van der Waals surface area contributed by atoms with Gasteiger partial charge in [0.2, 0.25) is 5.91 Å². The highest BCUT2D eigenvalue weighted by molar-refractivity contribution is 7.12. The van der Waals surface area contributed by atoms with Crippen LogP contribution in [0.3, 0.4) is 0 Å². The number of ether oxygens (including phenoxy) is 1. The van der Waals surface area contributed by atoms with E-state index in [1.54, 1.807) is 11.3 Å². The van der Waals surface area contributed by atoms with Crippen LogP contribution in [-0.2, 0) is 16.0 Å². The van der Waals surface area contributed by atoms with Gasteiger partial charge in [0.05, 0.1) is 12.0 Å². The average Bonchev–Trinajstić information content (AvgIpc) is 2.75. The van der Waals surface area contributed by atoms with Crippen LogP contribution in [0, 0.1) is 6.92 Å². The van der Waals surface area contributed by atoms with Crippen molar-refractivity contribution >= 4 is 17.2 Å². The molecule has 3 nitrogen and oxygen atoms in total. The molecule has 0 unspecified atom stereocenters. The summed E-state index contributed by atoms with van der Waals surface area (Å²) in [5.41, 5.74) is -0.707. The second kappa shape index (κ2) is 5.80. The Morgan fingerprint density at radius 1 is 1.50 bits per heavy atom. The fourth-order valence-corrected chi connectivity index (χ4v) is 3.02. The topological polar surface area (TPSA) is 38.3 Å². The first-order valence-corrected chi connectivity index (χ1v) is 6.95. The minimum absolute atomic E-state index is 0.101. The molecule has 0 aromatic carbocycles. The molecule has 0 spiro atoms. The lowest BCUT2D eigenvalue weighted by molar-refractivity contribution is -0.124. The van der Waals surface area contributed by atoms with Crippen LogP contribution in [0.1, 0.15) is 22.6 Å². The number of alkyl halides is 1.